The molecular formula is C18H24N4O3. The highest BCUT2D eigenvalue weighted by molar-refractivity contribution is 5.92. The van der Waals surface area contributed by atoms with Crippen LogP contribution < -0.4 is 0 Å². The predicted molar refractivity (Wildman–Crippen MR) is 90.2 cm³/mol. The molecule has 0 aromatic carbocycles. The highest BCUT2D eigenvalue weighted by Crippen LogP contribution is 2.33. The molecule has 1 amide bonds. The van der Waals surface area contributed by atoms with Crippen LogP contribution >= 0.6 is 0 Å². The molecule has 1 saturated carbocycles. The molecule has 2 aromatic rings. The Morgan fingerprint density at radius 1 is 1.40 bits per heavy atom. The molecule has 4 rings (SSSR count). The monoisotopic (exact) mass is 344 g/mol. The van der Waals surface area contributed by atoms with Crippen molar-refractivity contribution in [1.29, 1.82) is 0 Å². The SMILES string of the molecule is CCn1ncc2c1C(COCC1CC1)N(C(=O)c1cc(C)on1)CC2. The third-order valence-corrected chi connectivity index (χ3v) is 5.01. The van der Waals surface area contributed by atoms with Gasteiger partial charge in [-0.15, -0.1) is 0 Å². The van der Waals surface area contributed by atoms with Gasteiger partial charge in [0.1, 0.15) is 5.76 Å². The smallest absolute Gasteiger partial charge is 0.276 e. The number of aryl methyl sites for hydroxylation is 2. The van der Waals surface area contributed by atoms with E-state index in [1.54, 1.807) is 13.0 Å². The van der Waals surface area contributed by atoms with E-state index in [2.05, 4.69) is 17.2 Å². The molecule has 1 unspecified atom stereocenters. The molecule has 7 heteroatoms. The van der Waals surface area contributed by atoms with Crippen LogP contribution in [0.1, 0.15) is 53.3 Å². The van der Waals surface area contributed by atoms with Gasteiger partial charge in [0.15, 0.2) is 5.69 Å². The number of carbonyl (C=O) groups excluding carboxylic acids is 1. The topological polar surface area (TPSA) is 73.4 Å². The van der Waals surface area contributed by atoms with E-state index in [1.807, 2.05) is 15.8 Å². The van der Waals surface area contributed by atoms with Crippen molar-refractivity contribution in [3.05, 3.63) is 35.0 Å². The zero-order valence-corrected chi connectivity index (χ0v) is 14.8. The maximum atomic E-state index is 13.0. The third-order valence-electron chi connectivity index (χ3n) is 5.01. The fourth-order valence-corrected chi connectivity index (χ4v) is 3.47. The fraction of sp³-hybridized carbons (Fsp3) is 0.611. The Labute approximate surface area is 146 Å². The van der Waals surface area contributed by atoms with E-state index in [9.17, 15) is 4.79 Å². The van der Waals surface area contributed by atoms with Crippen molar-refractivity contribution in [3.63, 3.8) is 0 Å². The molecule has 1 aliphatic heterocycles. The lowest BCUT2D eigenvalue weighted by atomic mass is 9.99. The summed E-state index contributed by atoms with van der Waals surface area (Å²) >= 11 is 0. The molecule has 134 valence electrons. The largest absolute Gasteiger partial charge is 0.379 e. The summed E-state index contributed by atoms with van der Waals surface area (Å²) in [6, 6.07) is 1.56. The van der Waals surface area contributed by atoms with Crippen molar-refractivity contribution in [3.8, 4) is 0 Å². The first-order valence-electron chi connectivity index (χ1n) is 9.04. The second kappa shape index (κ2) is 6.63. The van der Waals surface area contributed by atoms with Crippen LogP contribution in [0, 0.1) is 12.8 Å². The van der Waals surface area contributed by atoms with Crippen molar-refractivity contribution >= 4 is 5.91 Å². The highest BCUT2D eigenvalue weighted by atomic mass is 16.5. The molecule has 0 saturated heterocycles. The Morgan fingerprint density at radius 3 is 2.92 bits per heavy atom. The van der Waals surface area contributed by atoms with E-state index in [-0.39, 0.29) is 11.9 Å². The Morgan fingerprint density at radius 2 is 2.24 bits per heavy atom. The van der Waals surface area contributed by atoms with Crippen LogP contribution in [0.5, 0.6) is 0 Å². The lowest BCUT2D eigenvalue weighted by Gasteiger charge is -2.35. The van der Waals surface area contributed by atoms with Crippen molar-refractivity contribution in [1.82, 2.24) is 19.8 Å². The molecule has 1 aliphatic carbocycles. The number of fused-ring (bicyclic) bond motifs is 1. The normalized spacial score (nSPS) is 19.9. The van der Waals surface area contributed by atoms with Crippen molar-refractivity contribution in [2.75, 3.05) is 19.8 Å². The van der Waals surface area contributed by atoms with Gasteiger partial charge in [-0.3, -0.25) is 9.48 Å². The van der Waals surface area contributed by atoms with Gasteiger partial charge in [-0.25, -0.2) is 0 Å². The number of rotatable bonds is 6. The summed E-state index contributed by atoms with van der Waals surface area (Å²) in [5.74, 6) is 1.23. The average molecular weight is 344 g/mol. The van der Waals surface area contributed by atoms with E-state index in [0.29, 0.717) is 30.5 Å². The molecule has 7 nitrogen and oxygen atoms in total. The van der Waals surface area contributed by atoms with Gasteiger partial charge in [-0.2, -0.15) is 5.10 Å². The molecule has 1 fully saturated rings. The number of amides is 1. The summed E-state index contributed by atoms with van der Waals surface area (Å²) in [4.78, 5) is 14.8. The molecule has 25 heavy (non-hydrogen) atoms. The summed E-state index contributed by atoms with van der Waals surface area (Å²) in [6.07, 6.45) is 5.24. The van der Waals surface area contributed by atoms with E-state index in [1.165, 1.54) is 18.4 Å². The maximum Gasteiger partial charge on any atom is 0.276 e. The van der Waals surface area contributed by atoms with Crippen molar-refractivity contribution < 1.29 is 14.1 Å². The molecule has 2 aromatic heterocycles. The minimum absolute atomic E-state index is 0.105. The molecule has 1 atom stereocenters. The van der Waals surface area contributed by atoms with Gasteiger partial charge in [0.2, 0.25) is 0 Å². The summed E-state index contributed by atoms with van der Waals surface area (Å²) < 4.78 is 13.0. The second-order valence-corrected chi connectivity index (χ2v) is 6.94. The van der Waals surface area contributed by atoms with E-state index in [0.717, 1.165) is 25.3 Å². The minimum Gasteiger partial charge on any atom is -0.379 e. The van der Waals surface area contributed by atoms with Gasteiger partial charge in [0.25, 0.3) is 5.91 Å². The molecular weight excluding hydrogens is 320 g/mol. The number of nitrogens with zero attached hydrogens (tertiary/aromatic N) is 4. The number of hydrogen-bond acceptors (Lipinski definition) is 5. The van der Waals surface area contributed by atoms with Crippen LogP contribution in [0.25, 0.3) is 0 Å². The summed E-state index contributed by atoms with van der Waals surface area (Å²) in [7, 11) is 0. The lowest BCUT2D eigenvalue weighted by molar-refractivity contribution is 0.0339. The van der Waals surface area contributed by atoms with Crippen LogP contribution in [0.4, 0.5) is 0 Å². The average Bonchev–Trinajstić information content (AvgIpc) is 3.17. The molecule has 2 aliphatic rings. The summed E-state index contributed by atoms with van der Waals surface area (Å²) in [6.45, 7) is 6.55. The lowest BCUT2D eigenvalue weighted by Crippen LogP contribution is -2.43. The maximum absolute atomic E-state index is 13.0. The second-order valence-electron chi connectivity index (χ2n) is 6.94. The van der Waals surface area contributed by atoms with Crippen LogP contribution in [0.15, 0.2) is 16.8 Å². The van der Waals surface area contributed by atoms with Gasteiger partial charge in [-0.1, -0.05) is 5.16 Å². The zero-order valence-electron chi connectivity index (χ0n) is 14.8. The van der Waals surface area contributed by atoms with Gasteiger partial charge in [0.05, 0.1) is 24.5 Å². The number of hydrogen-bond donors (Lipinski definition) is 0. The Balaban J connectivity index is 1.60. The molecule has 0 bridgehead atoms. The van der Waals surface area contributed by atoms with Crippen molar-refractivity contribution in [2.24, 2.45) is 5.92 Å². The first-order valence-corrected chi connectivity index (χ1v) is 9.04. The molecule has 0 spiro atoms. The third kappa shape index (κ3) is 3.20. The fourth-order valence-electron chi connectivity index (χ4n) is 3.47. The Kier molecular flexibility index (Phi) is 4.33. The molecule has 3 heterocycles. The van der Waals surface area contributed by atoms with Gasteiger partial charge in [-0.05, 0) is 44.6 Å². The minimum atomic E-state index is -0.130. The first kappa shape index (κ1) is 16.3. The summed E-state index contributed by atoms with van der Waals surface area (Å²) in [5.41, 5.74) is 2.66. The van der Waals surface area contributed by atoms with Crippen LogP contribution in [-0.2, 0) is 17.7 Å². The Bertz CT molecular complexity index is 749. The van der Waals surface area contributed by atoms with Gasteiger partial charge < -0.3 is 14.2 Å². The zero-order chi connectivity index (χ0) is 17.4. The van der Waals surface area contributed by atoms with Crippen LogP contribution in [0.2, 0.25) is 0 Å². The molecule has 0 radical (unpaired) electrons. The highest BCUT2D eigenvalue weighted by Gasteiger charge is 2.36. The standard InChI is InChI=1S/C18H24N4O3/c1-3-22-17-14(9-19-22)6-7-21(16(17)11-24-10-13-4-5-13)18(23)15-8-12(2)25-20-15/h8-9,13,16H,3-7,10-11H2,1-2H3. The number of carbonyl (C=O) groups is 1. The van der Waals surface area contributed by atoms with E-state index >= 15 is 0 Å². The quantitative estimate of drug-likeness (QED) is 0.804. The van der Waals surface area contributed by atoms with Gasteiger partial charge in [0, 0.05) is 25.8 Å². The number of aromatic nitrogens is 3. The van der Waals surface area contributed by atoms with Crippen LogP contribution in [0.3, 0.4) is 0 Å². The predicted octanol–water partition coefficient (Wildman–Crippen LogP) is 2.37. The van der Waals surface area contributed by atoms with Crippen molar-refractivity contribution in [2.45, 2.75) is 45.7 Å². The van der Waals surface area contributed by atoms with Crippen LogP contribution in [-0.4, -0.2) is 45.5 Å². The first-order chi connectivity index (χ1) is 12.2. The Hall–Kier alpha value is -2.15. The van der Waals surface area contributed by atoms with E-state index < -0.39 is 0 Å². The van der Waals surface area contributed by atoms with E-state index in [4.69, 9.17) is 9.26 Å². The summed E-state index contributed by atoms with van der Waals surface area (Å²) in [5, 5.41) is 8.38. The molecule has 0 N–H and O–H groups in total. The van der Waals surface area contributed by atoms with Gasteiger partial charge >= 0.3 is 0 Å². The number of ether oxygens (including phenoxy) is 1.